The van der Waals surface area contributed by atoms with Gasteiger partial charge in [0.1, 0.15) is 0 Å². The molecule has 4 rings (SSSR count). The highest BCUT2D eigenvalue weighted by Crippen LogP contribution is 2.51. The van der Waals surface area contributed by atoms with Crippen LogP contribution < -0.4 is 5.32 Å². The third kappa shape index (κ3) is 1.92. The van der Waals surface area contributed by atoms with Crippen molar-refractivity contribution < 1.29 is 0 Å². The van der Waals surface area contributed by atoms with Crippen molar-refractivity contribution in [3.05, 3.63) is 0 Å². The maximum Gasteiger partial charge on any atom is 0.0346 e. The predicted molar refractivity (Wildman–Crippen MR) is 69.0 cm³/mol. The molecule has 3 heteroatoms. The molecular weight excluding hydrogens is 210 g/mol. The number of hydrogen-bond acceptors (Lipinski definition) is 3. The molecular formula is C14H25N3. The molecule has 3 unspecified atom stereocenters. The predicted octanol–water partition coefficient (Wildman–Crippen LogP) is 0.764. The molecule has 2 aliphatic carbocycles. The summed E-state index contributed by atoms with van der Waals surface area (Å²) in [5.41, 5.74) is 0. The van der Waals surface area contributed by atoms with Gasteiger partial charge in [-0.05, 0) is 24.7 Å². The van der Waals surface area contributed by atoms with Crippen LogP contribution in [-0.2, 0) is 0 Å². The van der Waals surface area contributed by atoms with E-state index in [2.05, 4.69) is 15.1 Å². The quantitative estimate of drug-likeness (QED) is 0.762. The van der Waals surface area contributed by atoms with Gasteiger partial charge in [0.25, 0.3) is 0 Å². The van der Waals surface area contributed by atoms with E-state index in [1.165, 1.54) is 58.5 Å². The summed E-state index contributed by atoms with van der Waals surface area (Å²) in [6.45, 7) is 7.78. The van der Waals surface area contributed by atoms with Crippen LogP contribution in [0.4, 0.5) is 0 Å². The fourth-order valence-corrected chi connectivity index (χ4v) is 4.30. The number of fused-ring (bicyclic) bond motifs is 1. The lowest BCUT2D eigenvalue weighted by atomic mass is 9.93. The lowest BCUT2D eigenvalue weighted by Gasteiger charge is -2.46. The van der Waals surface area contributed by atoms with Crippen molar-refractivity contribution in [1.29, 1.82) is 0 Å². The van der Waals surface area contributed by atoms with Crippen LogP contribution in [0.1, 0.15) is 25.7 Å². The molecule has 2 aliphatic heterocycles. The first-order valence-corrected chi connectivity index (χ1v) is 7.60. The molecule has 0 amide bonds. The molecule has 17 heavy (non-hydrogen) atoms. The van der Waals surface area contributed by atoms with Gasteiger partial charge in [-0.15, -0.1) is 0 Å². The first-order chi connectivity index (χ1) is 8.42. The molecule has 2 saturated heterocycles. The molecule has 2 heterocycles. The first-order valence-electron chi connectivity index (χ1n) is 7.60. The second kappa shape index (κ2) is 4.22. The van der Waals surface area contributed by atoms with Gasteiger partial charge in [-0.3, -0.25) is 9.80 Å². The lowest BCUT2D eigenvalue weighted by molar-refractivity contribution is 0.0378. The van der Waals surface area contributed by atoms with Gasteiger partial charge in [-0.1, -0.05) is 12.8 Å². The van der Waals surface area contributed by atoms with Crippen molar-refractivity contribution in [2.24, 2.45) is 11.8 Å². The molecule has 0 radical (unpaired) electrons. The summed E-state index contributed by atoms with van der Waals surface area (Å²) in [6.07, 6.45) is 6.08. The van der Waals surface area contributed by atoms with Gasteiger partial charge in [0.2, 0.25) is 0 Å². The Bertz CT molecular complexity index is 281. The van der Waals surface area contributed by atoms with Crippen molar-refractivity contribution in [2.45, 2.75) is 37.8 Å². The van der Waals surface area contributed by atoms with E-state index in [4.69, 9.17) is 0 Å². The summed E-state index contributed by atoms with van der Waals surface area (Å²) in [4.78, 5) is 5.53. The van der Waals surface area contributed by atoms with Crippen LogP contribution >= 0.6 is 0 Å². The Morgan fingerprint density at radius 2 is 1.65 bits per heavy atom. The molecule has 0 aromatic rings. The fraction of sp³-hybridized carbons (Fsp3) is 1.00. The fourth-order valence-electron chi connectivity index (χ4n) is 4.30. The molecule has 0 aromatic carbocycles. The van der Waals surface area contributed by atoms with Crippen molar-refractivity contribution >= 4 is 0 Å². The Morgan fingerprint density at radius 3 is 2.35 bits per heavy atom. The zero-order valence-electron chi connectivity index (χ0n) is 10.8. The summed E-state index contributed by atoms with van der Waals surface area (Å²) < 4.78 is 0. The van der Waals surface area contributed by atoms with E-state index in [1.54, 1.807) is 6.42 Å². The Balaban J connectivity index is 1.32. The van der Waals surface area contributed by atoms with Crippen molar-refractivity contribution in [3.8, 4) is 0 Å². The van der Waals surface area contributed by atoms with E-state index in [-0.39, 0.29) is 0 Å². The van der Waals surface area contributed by atoms with Crippen LogP contribution in [0.25, 0.3) is 0 Å². The van der Waals surface area contributed by atoms with Crippen molar-refractivity contribution in [1.82, 2.24) is 15.1 Å². The lowest BCUT2D eigenvalue weighted by Crippen LogP contribution is -2.62. The van der Waals surface area contributed by atoms with Crippen LogP contribution in [-0.4, -0.2) is 61.2 Å². The van der Waals surface area contributed by atoms with E-state index >= 15 is 0 Å². The first kappa shape index (κ1) is 10.8. The standard InChI is InChI=1S/C14H25N3/c1-2-11-8-13(11)14(3-1)17-6-4-16(5-7-17)12-9-15-10-12/h11-15H,1-10H2. The van der Waals surface area contributed by atoms with E-state index in [9.17, 15) is 0 Å². The molecule has 96 valence electrons. The van der Waals surface area contributed by atoms with Crippen LogP contribution in [0.15, 0.2) is 0 Å². The summed E-state index contributed by atoms with van der Waals surface area (Å²) in [5.74, 6) is 2.23. The van der Waals surface area contributed by atoms with Gasteiger partial charge in [-0.25, -0.2) is 0 Å². The largest absolute Gasteiger partial charge is 0.314 e. The summed E-state index contributed by atoms with van der Waals surface area (Å²) in [6, 6.07) is 1.83. The second-order valence-electron chi connectivity index (χ2n) is 6.54. The minimum Gasteiger partial charge on any atom is -0.314 e. The molecule has 1 N–H and O–H groups in total. The minimum absolute atomic E-state index is 0.858. The van der Waals surface area contributed by atoms with Crippen LogP contribution in [0.3, 0.4) is 0 Å². The maximum atomic E-state index is 3.39. The van der Waals surface area contributed by atoms with Gasteiger partial charge < -0.3 is 5.32 Å². The average molecular weight is 235 g/mol. The Labute approximate surface area is 105 Å². The minimum atomic E-state index is 0.858. The van der Waals surface area contributed by atoms with Crippen molar-refractivity contribution in [3.63, 3.8) is 0 Å². The van der Waals surface area contributed by atoms with Gasteiger partial charge in [0, 0.05) is 51.4 Å². The molecule has 0 aromatic heterocycles. The number of piperazine rings is 1. The third-order valence-electron chi connectivity index (χ3n) is 5.64. The van der Waals surface area contributed by atoms with Crippen LogP contribution in [0.5, 0.6) is 0 Å². The molecule has 3 atom stereocenters. The van der Waals surface area contributed by atoms with E-state index < -0.39 is 0 Å². The molecule has 4 fully saturated rings. The second-order valence-corrected chi connectivity index (χ2v) is 6.54. The normalized spacial score (nSPS) is 44.1. The highest BCUT2D eigenvalue weighted by atomic mass is 15.3. The third-order valence-corrected chi connectivity index (χ3v) is 5.64. The van der Waals surface area contributed by atoms with Gasteiger partial charge in [0.15, 0.2) is 0 Å². The zero-order valence-corrected chi connectivity index (χ0v) is 10.8. The van der Waals surface area contributed by atoms with E-state index in [0.717, 1.165) is 23.9 Å². The maximum absolute atomic E-state index is 3.39. The Morgan fingerprint density at radius 1 is 0.882 bits per heavy atom. The zero-order chi connectivity index (χ0) is 11.2. The SMILES string of the molecule is C1CC2CC2C(N2CCN(C3CNC3)CC2)C1. The van der Waals surface area contributed by atoms with Crippen molar-refractivity contribution in [2.75, 3.05) is 39.3 Å². The Kier molecular flexibility index (Phi) is 2.67. The van der Waals surface area contributed by atoms with Crippen LogP contribution in [0.2, 0.25) is 0 Å². The smallest absolute Gasteiger partial charge is 0.0346 e. The number of hydrogen-bond donors (Lipinski definition) is 1. The van der Waals surface area contributed by atoms with Gasteiger partial charge in [0.05, 0.1) is 0 Å². The highest BCUT2D eigenvalue weighted by molar-refractivity contribution is 5.00. The topological polar surface area (TPSA) is 18.5 Å². The Hall–Kier alpha value is -0.120. The molecule has 4 aliphatic rings. The summed E-state index contributed by atoms with van der Waals surface area (Å²) in [7, 11) is 0. The van der Waals surface area contributed by atoms with Gasteiger partial charge in [-0.2, -0.15) is 0 Å². The summed E-state index contributed by atoms with van der Waals surface area (Å²) in [5, 5.41) is 3.39. The monoisotopic (exact) mass is 235 g/mol. The molecule has 3 nitrogen and oxygen atoms in total. The number of nitrogens with zero attached hydrogens (tertiary/aromatic N) is 2. The van der Waals surface area contributed by atoms with E-state index in [1.807, 2.05) is 0 Å². The number of rotatable bonds is 2. The van der Waals surface area contributed by atoms with Crippen LogP contribution in [0, 0.1) is 11.8 Å². The molecule has 2 saturated carbocycles. The highest BCUT2D eigenvalue weighted by Gasteiger charge is 2.47. The number of nitrogens with one attached hydrogen (secondary N) is 1. The van der Waals surface area contributed by atoms with E-state index in [0.29, 0.717) is 0 Å². The van der Waals surface area contributed by atoms with Gasteiger partial charge >= 0.3 is 0 Å². The molecule has 0 spiro atoms. The molecule has 0 bridgehead atoms. The average Bonchev–Trinajstić information content (AvgIpc) is 3.06. The summed E-state index contributed by atoms with van der Waals surface area (Å²) >= 11 is 0.